The third-order valence-corrected chi connectivity index (χ3v) is 2.08. The molecular weight excluding hydrogens is 130 g/mol. The number of aliphatic hydroxyl groups is 1. The Morgan fingerprint density at radius 1 is 1.60 bits per heavy atom. The first-order valence-corrected chi connectivity index (χ1v) is 3.81. The number of β-amino-alcohol motifs (C(OH)–C–C–N with tert-alkyl or cyclic N) is 1. The molecule has 1 heterocycles. The highest BCUT2D eigenvalue weighted by atomic mass is 16.3. The van der Waals surface area contributed by atoms with Gasteiger partial charge in [-0.15, -0.1) is 0 Å². The van der Waals surface area contributed by atoms with Gasteiger partial charge in [-0.3, -0.25) is 4.90 Å². The Bertz CT molecular complexity index is 97.6. The molecule has 0 aliphatic carbocycles. The van der Waals surface area contributed by atoms with Gasteiger partial charge < -0.3 is 5.11 Å². The zero-order chi connectivity index (χ0) is 7.40. The van der Waals surface area contributed by atoms with Gasteiger partial charge in [-0.2, -0.15) is 0 Å². The molecule has 0 bridgehead atoms. The highest BCUT2D eigenvalue weighted by molar-refractivity contribution is 4.77. The lowest BCUT2D eigenvalue weighted by atomic mass is 10.2. The van der Waals surface area contributed by atoms with Crippen molar-refractivity contribution in [3.63, 3.8) is 0 Å². The molecular formula is C7H14NO2. The van der Waals surface area contributed by atoms with Crippen molar-refractivity contribution in [1.82, 2.24) is 4.90 Å². The van der Waals surface area contributed by atoms with Crippen molar-refractivity contribution in [1.29, 1.82) is 0 Å². The number of aliphatic hydroxyl groups excluding tert-OH is 1. The predicted molar refractivity (Wildman–Crippen MR) is 37.2 cm³/mol. The Balaban J connectivity index is 2.27. The summed E-state index contributed by atoms with van der Waals surface area (Å²) < 4.78 is 0. The Morgan fingerprint density at radius 3 is 3.00 bits per heavy atom. The van der Waals surface area contributed by atoms with Gasteiger partial charge in [0.05, 0.1) is 13.2 Å². The first kappa shape index (κ1) is 7.98. The first-order chi connectivity index (χ1) is 4.88. The molecule has 1 unspecified atom stereocenters. The van der Waals surface area contributed by atoms with Gasteiger partial charge in [-0.05, 0) is 19.4 Å². The van der Waals surface area contributed by atoms with E-state index < -0.39 is 0 Å². The Labute approximate surface area is 61.3 Å². The van der Waals surface area contributed by atoms with E-state index in [1.165, 1.54) is 0 Å². The average Bonchev–Trinajstić information content (AvgIpc) is 2.36. The smallest absolute Gasteiger partial charge is 0.0977 e. The predicted octanol–water partition coefficient (Wildman–Crippen LogP) is -0.126. The molecule has 59 valence electrons. The summed E-state index contributed by atoms with van der Waals surface area (Å²) in [5.74, 6) is 0. The van der Waals surface area contributed by atoms with Gasteiger partial charge in [0.25, 0.3) is 0 Å². The molecule has 0 saturated carbocycles. The summed E-state index contributed by atoms with van der Waals surface area (Å²) in [5, 5.41) is 19.1. The molecule has 3 heteroatoms. The second-order valence-corrected chi connectivity index (χ2v) is 2.72. The van der Waals surface area contributed by atoms with Gasteiger partial charge in [0.2, 0.25) is 0 Å². The molecule has 1 rings (SSSR count). The largest absolute Gasteiger partial charge is 0.395 e. The summed E-state index contributed by atoms with van der Waals surface area (Å²) >= 11 is 0. The minimum atomic E-state index is -0.0139. The van der Waals surface area contributed by atoms with Gasteiger partial charge in [0.15, 0.2) is 0 Å². The summed E-state index contributed by atoms with van der Waals surface area (Å²) in [6, 6.07) is 0.201. The van der Waals surface area contributed by atoms with Crippen LogP contribution in [0.2, 0.25) is 0 Å². The highest BCUT2D eigenvalue weighted by Crippen LogP contribution is 2.15. The minimum Gasteiger partial charge on any atom is -0.395 e. The zero-order valence-corrected chi connectivity index (χ0v) is 6.12. The standard InChI is InChI=1S/C7H14NO2/c9-5-4-8-3-1-2-7(8)6-10/h7,9H,1-6H2. The molecule has 1 aliphatic heterocycles. The van der Waals surface area contributed by atoms with Gasteiger partial charge in [0, 0.05) is 12.6 Å². The van der Waals surface area contributed by atoms with Crippen LogP contribution in [0, 0.1) is 0 Å². The fourth-order valence-corrected chi connectivity index (χ4v) is 1.51. The second-order valence-electron chi connectivity index (χ2n) is 2.72. The molecule has 1 N–H and O–H groups in total. The molecule has 1 atom stereocenters. The Kier molecular flexibility index (Phi) is 3.12. The maximum atomic E-state index is 10.5. The number of likely N-dealkylation sites (tertiary alicyclic amines) is 1. The third-order valence-electron chi connectivity index (χ3n) is 2.08. The fourth-order valence-electron chi connectivity index (χ4n) is 1.51. The molecule has 1 fully saturated rings. The van der Waals surface area contributed by atoms with E-state index in [0.717, 1.165) is 19.4 Å². The van der Waals surface area contributed by atoms with E-state index in [0.29, 0.717) is 6.54 Å². The number of hydrogen-bond acceptors (Lipinski definition) is 2. The van der Waals surface area contributed by atoms with Crippen LogP contribution in [0.4, 0.5) is 0 Å². The number of nitrogens with zero attached hydrogens (tertiary/aromatic N) is 1. The molecule has 3 nitrogen and oxygen atoms in total. The molecule has 0 aromatic carbocycles. The van der Waals surface area contributed by atoms with E-state index in [-0.39, 0.29) is 19.3 Å². The lowest BCUT2D eigenvalue weighted by Gasteiger charge is -2.20. The molecule has 0 aromatic heterocycles. The molecule has 0 amide bonds. The SMILES string of the molecule is [O]CC1CCCN1CCO. The van der Waals surface area contributed by atoms with Crippen LogP contribution in [0.1, 0.15) is 12.8 Å². The van der Waals surface area contributed by atoms with Crippen molar-refractivity contribution >= 4 is 0 Å². The van der Waals surface area contributed by atoms with Crippen LogP contribution in [0.15, 0.2) is 0 Å². The lowest BCUT2D eigenvalue weighted by molar-refractivity contribution is 0.0946. The van der Waals surface area contributed by atoms with Crippen molar-refractivity contribution in [2.75, 3.05) is 26.3 Å². The quantitative estimate of drug-likeness (QED) is 0.599. The molecule has 1 radical (unpaired) electrons. The van der Waals surface area contributed by atoms with Gasteiger partial charge in [-0.1, -0.05) is 0 Å². The minimum absolute atomic E-state index is 0.0139. The summed E-state index contributed by atoms with van der Waals surface area (Å²) in [4.78, 5) is 2.08. The molecule has 10 heavy (non-hydrogen) atoms. The van der Waals surface area contributed by atoms with Crippen molar-refractivity contribution in [3.8, 4) is 0 Å². The maximum absolute atomic E-state index is 10.5. The molecule has 1 saturated heterocycles. The number of rotatable bonds is 3. The van der Waals surface area contributed by atoms with Crippen LogP contribution in [0.25, 0.3) is 0 Å². The van der Waals surface area contributed by atoms with Crippen molar-refractivity contribution in [3.05, 3.63) is 0 Å². The monoisotopic (exact) mass is 144 g/mol. The topological polar surface area (TPSA) is 43.4 Å². The van der Waals surface area contributed by atoms with E-state index in [1.807, 2.05) is 0 Å². The normalized spacial score (nSPS) is 27.6. The van der Waals surface area contributed by atoms with Crippen molar-refractivity contribution in [2.45, 2.75) is 18.9 Å². The molecule has 0 aromatic rings. The van der Waals surface area contributed by atoms with E-state index in [2.05, 4.69) is 4.90 Å². The van der Waals surface area contributed by atoms with E-state index in [1.54, 1.807) is 0 Å². The average molecular weight is 144 g/mol. The Morgan fingerprint density at radius 2 is 2.40 bits per heavy atom. The lowest BCUT2D eigenvalue weighted by Crippen LogP contribution is -2.33. The van der Waals surface area contributed by atoms with Crippen LogP contribution in [0.3, 0.4) is 0 Å². The van der Waals surface area contributed by atoms with Crippen LogP contribution in [0.5, 0.6) is 0 Å². The summed E-state index contributed by atoms with van der Waals surface area (Å²) in [6.07, 6.45) is 2.14. The van der Waals surface area contributed by atoms with Crippen molar-refractivity contribution < 1.29 is 10.2 Å². The van der Waals surface area contributed by atoms with E-state index in [9.17, 15) is 5.11 Å². The van der Waals surface area contributed by atoms with Gasteiger partial charge in [0.1, 0.15) is 0 Å². The second kappa shape index (κ2) is 3.91. The Hall–Kier alpha value is -0.120. The zero-order valence-electron chi connectivity index (χ0n) is 6.12. The maximum Gasteiger partial charge on any atom is 0.0977 e. The summed E-state index contributed by atoms with van der Waals surface area (Å²) in [6.45, 7) is 1.83. The van der Waals surface area contributed by atoms with Crippen molar-refractivity contribution in [2.24, 2.45) is 0 Å². The fraction of sp³-hybridized carbons (Fsp3) is 1.00. The van der Waals surface area contributed by atoms with Crippen LogP contribution in [-0.2, 0) is 5.11 Å². The first-order valence-electron chi connectivity index (χ1n) is 3.81. The van der Waals surface area contributed by atoms with Crippen LogP contribution < -0.4 is 0 Å². The van der Waals surface area contributed by atoms with Crippen LogP contribution >= 0.6 is 0 Å². The van der Waals surface area contributed by atoms with E-state index >= 15 is 0 Å². The van der Waals surface area contributed by atoms with Gasteiger partial charge >= 0.3 is 0 Å². The highest BCUT2D eigenvalue weighted by Gasteiger charge is 2.22. The van der Waals surface area contributed by atoms with E-state index in [4.69, 9.17) is 5.11 Å². The third kappa shape index (κ3) is 1.68. The number of hydrogen-bond donors (Lipinski definition) is 1. The van der Waals surface area contributed by atoms with Crippen LogP contribution in [-0.4, -0.2) is 42.4 Å². The summed E-state index contributed by atoms with van der Waals surface area (Å²) in [5.41, 5.74) is 0. The van der Waals surface area contributed by atoms with Gasteiger partial charge in [-0.25, -0.2) is 5.11 Å². The molecule has 1 aliphatic rings. The molecule has 0 spiro atoms. The summed E-state index contributed by atoms with van der Waals surface area (Å²) in [7, 11) is 0.